The van der Waals surface area contributed by atoms with Crippen molar-refractivity contribution in [3.63, 3.8) is 0 Å². The minimum atomic E-state index is -0.999. The first-order valence-corrected chi connectivity index (χ1v) is 5.23. The van der Waals surface area contributed by atoms with Crippen LogP contribution in [0.2, 0.25) is 0 Å². The zero-order chi connectivity index (χ0) is 12.6. The summed E-state index contributed by atoms with van der Waals surface area (Å²) in [6, 6.07) is 1.66. The van der Waals surface area contributed by atoms with Gasteiger partial charge in [0.15, 0.2) is 0 Å². The molecule has 16 heavy (non-hydrogen) atoms. The summed E-state index contributed by atoms with van der Waals surface area (Å²) in [4.78, 5) is 11.8. The molecule has 1 rings (SSSR count). The van der Waals surface area contributed by atoms with E-state index < -0.39 is 11.1 Å². The van der Waals surface area contributed by atoms with Crippen molar-refractivity contribution < 1.29 is 14.3 Å². The van der Waals surface area contributed by atoms with E-state index in [0.717, 1.165) is 0 Å². The van der Waals surface area contributed by atoms with Crippen LogP contribution in [0.1, 0.15) is 43.8 Å². The van der Waals surface area contributed by atoms with Gasteiger partial charge in [0.05, 0.1) is 16.7 Å². The molecule has 4 heteroatoms. The molecule has 0 unspecified atom stereocenters. The summed E-state index contributed by atoms with van der Waals surface area (Å²) in [5.41, 5.74) is -1.24. The number of aliphatic hydroxyl groups is 1. The molecule has 0 aromatic carbocycles. The van der Waals surface area contributed by atoms with E-state index in [2.05, 4.69) is 5.32 Å². The van der Waals surface area contributed by atoms with Crippen LogP contribution in [0.5, 0.6) is 0 Å². The number of hydrogen-bond acceptors (Lipinski definition) is 3. The molecule has 90 valence electrons. The fraction of sp³-hybridized carbons (Fsp3) is 0.583. The Hall–Kier alpha value is -1.29. The van der Waals surface area contributed by atoms with Crippen molar-refractivity contribution in [1.29, 1.82) is 0 Å². The monoisotopic (exact) mass is 225 g/mol. The van der Waals surface area contributed by atoms with Gasteiger partial charge in [0, 0.05) is 0 Å². The molecule has 0 aliphatic rings. The van der Waals surface area contributed by atoms with Crippen LogP contribution in [-0.2, 0) is 0 Å². The first kappa shape index (κ1) is 12.8. The van der Waals surface area contributed by atoms with Gasteiger partial charge in [-0.1, -0.05) is 0 Å². The van der Waals surface area contributed by atoms with Crippen molar-refractivity contribution in [3.05, 3.63) is 23.7 Å². The van der Waals surface area contributed by atoms with E-state index in [1.165, 1.54) is 6.26 Å². The van der Waals surface area contributed by atoms with E-state index in [1.807, 2.05) is 0 Å². The maximum Gasteiger partial charge on any atom is 0.255 e. The number of aryl methyl sites for hydroxylation is 1. The average molecular weight is 225 g/mol. The van der Waals surface area contributed by atoms with E-state index in [0.29, 0.717) is 11.3 Å². The third-order valence-electron chi connectivity index (χ3n) is 2.95. The third kappa shape index (κ3) is 2.64. The lowest BCUT2D eigenvalue weighted by atomic mass is 9.86. The zero-order valence-corrected chi connectivity index (χ0v) is 10.4. The number of rotatable bonds is 3. The van der Waals surface area contributed by atoms with Gasteiger partial charge in [-0.25, -0.2) is 0 Å². The lowest BCUT2D eigenvalue weighted by Gasteiger charge is -2.37. The first-order valence-electron chi connectivity index (χ1n) is 5.23. The third-order valence-corrected chi connectivity index (χ3v) is 2.95. The standard InChI is InChI=1S/C12H19NO3/c1-8-6-9(7-16-8)10(14)13-11(2,3)12(4,5)15/h6-7,15H,1-5H3,(H,13,14). The molecule has 0 saturated heterocycles. The Morgan fingerprint density at radius 2 is 1.94 bits per heavy atom. The van der Waals surface area contributed by atoms with Gasteiger partial charge < -0.3 is 14.8 Å². The summed E-state index contributed by atoms with van der Waals surface area (Å²) in [6.45, 7) is 8.65. The fourth-order valence-electron chi connectivity index (χ4n) is 1.07. The van der Waals surface area contributed by atoms with Crippen molar-refractivity contribution in [3.8, 4) is 0 Å². The molecule has 0 radical (unpaired) electrons. The average Bonchev–Trinajstić information content (AvgIpc) is 2.48. The SMILES string of the molecule is Cc1cc(C(=O)NC(C)(C)C(C)(C)O)co1. The number of furan rings is 1. The number of carbonyl (C=O) groups excluding carboxylic acids is 1. The molecule has 0 aliphatic carbocycles. The van der Waals surface area contributed by atoms with E-state index in [1.54, 1.807) is 40.7 Å². The first-order chi connectivity index (χ1) is 7.13. The second-order valence-corrected chi connectivity index (χ2v) is 5.08. The van der Waals surface area contributed by atoms with Gasteiger partial charge >= 0.3 is 0 Å². The van der Waals surface area contributed by atoms with Crippen molar-refractivity contribution in [2.45, 2.75) is 45.8 Å². The molecule has 1 aromatic rings. The van der Waals surface area contributed by atoms with Crippen molar-refractivity contribution in [1.82, 2.24) is 5.32 Å². The van der Waals surface area contributed by atoms with Crippen LogP contribution >= 0.6 is 0 Å². The van der Waals surface area contributed by atoms with Gasteiger partial charge in [0.25, 0.3) is 5.91 Å². The van der Waals surface area contributed by atoms with Gasteiger partial charge in [-0.05, 0) is 40.7 Å². The van der Waals surface area contributed by atoms with Crippen molar-refractivity contribution in [2.75, 3.05) is 0 Å². The van der Waals surface area contributed by atoms with E-state index in [-0.39, 0.29) is 5.91 Å². The van der Waals surface area contributed by atoms with Gasteiger partial charge in [-0.15, -0.1) is 0 Å². The zero-order valence-electron chi connectivity index (χ0n) is 10.4. The molecular weight excluding hydrogens is 206 g/mol. The number of amides is 1. The molecule has 4 nitrogen and oxygen atoms in total. The topological polar surface area (TPSA) is 62.5 Å². The largest absolute Gasteiger partial charge is 0.469 e. The summed E-state index contributed by atoms with van der Waals surface area (Å²) in [6.07, 6.45) is 1.41. The predicted octanol–water partition coefficient (Wildman–Crippen LogP) is 1.87. The quantitative estimate of drug-likeness (QED) is 0.825. The smallest absolute Gasteiger partial charge is 0.255 e. The van der Waals surface area contributed by atoms with Crippen LogP contribution in [0.4, 0.5) is 0 Å². The number of hydrogen-bond donors (Lipinski definition) is 2. The number of nitrogens with one attached hydrogen (secondary N) is 1. The number of carbonyl (C=O) groups is 1. The molecule has 2 N–H and O–H groups in total. The highest BCUT2D eigenvalue weighted by Gasteiger charge is 2.36. The molecule has 0 atom stereocenters. The van der Waals surface area contributed by atoms with Crippen LogP contribution in [0, 0.1) is 6.92 Å². The molecule has 0 aliphatic heterocycles. The Balaban J connectivity index is 2.79. The lowest BCUT2D eigenvalue weighted by Crippen LogP contribution is -2.57. The maximum atomic E-state index is 11.8. The second kappa shape index (κ2) is 3.94. The Labute approximate surface area is 95.7 Å². The molecule has 0 bridgehead atoms. The van der Waals surface area contributed by atoms with Crippen LogP contribution in [0.3, 0.4) is 0 Å². The maximum absolute atomic E-state index is 11.8. The second-order valence-electron chi connectivity index (χ2n) is 5.08. The predicted molar refractivity (Wildman–Crippen MR) is 61.3 cm³/mol. The Bertz CT molecular complexity index is 385. The molecule has 1 amide bonds. The van der Waals surface area contributed by atoms with Gasteiger partial charge in [-0.2, -0.15) is 0 Å². The van der Waals surface area contributed by atoms with E-state index in [9.17, 15) is 9.90 Å². The summed E-state index contributed by atoms with van der Waals surface area (Å²) < 4.78 is 5.06. The Morgan fingerprint density at radius 1 is 1.38 bits per heavy atom. The minimum absolute atomic E-state index is 0.246. The molecule has 0 fully saturated rings. The lowest BCUT2D eigenvalue weighted by molar-refractivity contribution is -0.00294. The van der Waals surface area contributed by atoms with Crippen LogP contribution in [0.15, 0.2) is 16.7 Å². The minimum Gasteiger partial charge on any atom is -0.469 e. The van der Waals surface area contributed by atoms with Crippen LogP contribution in [-0.4, -0.2) is 22.2 Å². The van der Waals surface area contributed by atoms with Crippen molar-refractivity contribution >= 4 is 5.91 Å². The Morgan fingerprint density at radius 3 is 2.31 bits per heavy atom. The van der Waals surface area contributed by atoms with Gasteiger partial charge in [-0.3, -0.25) is 4.79 Å². The molecule has 1 aromatic heterocycles. The summed E-state index contributed by atoms with van der Waals surface area (Å²) in [5, 5.41) is 12.7. The molecule has 1 heterocycles. The normalized spacial score (nSPS) is 12.6. The van der Waals surface area contributed by atoms with E-state index in [4.69, 9.17) is 4.42 Å². The van der Waals surface area contributed by atoms with Crippen molar-refractivity contribution in [2.24, 2.45) is 0 Å². The van der Waals surface area contributed by atoms with Gasteiger partial charge in [0.2, 0.25) is 0 Å². The molecular formula is C12H19NO3. The van der Waals surface area contributed by atoms with Gasteiger partial charge in [0.1, 0.15) is 12.0 Å². The summed E-state index contributed by atoms with van der Waals surface area (Å²) >= 11 is 0. The van der Waals surface area contributed by atoms with Crippen LogP contribution < -0.4 is 5.32 Å². The molecule has 0 spiro atoms. The molecule has 0 saturated carbocycles. The van der Waals surface area contributed by atoms with Crippen LogP contribution in [0.25, 0.3) is 0 Å². The Kier molecular flexibility index (Phi) is 3.15. The highest BCUT2D eigenvalue weighted by Crippen LogP contribution is 2.21. The highest BCUT2D eigenvalue weighted by molar-refractivity contribution is 5.94. The van der Waals surface area contributed by atoms with E-state index >= 15 is 0 Å². The summed E-state index contributed by atoms with van der Waals surface area (Å²) in [7, 11) is 0. The summed E-state index contributed by atoms with van der Waals surface area (Å²) in [5.74, 6) is 0.440. The fourth-order valence-corrected chi connectivity index (χ4v) is 1.07. The highest BCUT2D eigenvalue weighted by atomic mass is 16.3.